The van der Waals surface area contributed by atoms with Crippen molar-refractivity contribution in [2.45, 2.75) is 31.8 Å². The highest BCUT2D eigenvalue weighted by Crippen LogP contribution is 2.26. The van der Waals surface area contributed by atoms with Gasteiger partial charge in [-0.15, -0.1) is 0 Å². The zero-order chi connectivity index (χ0) is 16.1. The van der Waals surface area contributed by atoms with Crippen molar-refractivity contribution in [3.05, 3.63) is 48.2 Å². The fourth-order valence-corrected chi connectivity index (χ4v) is 3.13. The van der Waals surface area contributed by atoms with E-state index in [4.69, 9.17) is 9.15 Å². The van der Waals surface area contributed by atoms with E-state index >= 15 is 0 Å². The lowest BCUT2D eigenvalue weighted by molar-refractivity contribution is 0.205. The van der Waals surface area contributed by atoms with Crippen molar-refractivity contribution in [3.8, 4) is 5.75 Å². The molecule has 1 N–H and O–H groups in total. The minimum absolute atomic E-state index is 0.158. The van der Waals surface area contributed by atoms with Crippen LogP contribution < -0.4 is 10.1 Å². The summed E-state index contributed by atoms with van der Waals surface area (Å²) in [5.74, 6) is 1.87. The molecule has 2 unspecified atom stereocenters. The molecular formula is C18H25N3O2. The Hall–Kier alpha value is -1.85. The van der Waals surface area contributed by atoms with Crippen LogP contribution in [-0.4, -0.2) is 36.6 Å². The van der Waals surface area contributed by atoms with E-state index in [1.54, 1.807) is 19.6 Å². The van der Waals surface area contributed by atoms with Crippen LogP contribution in [0, 0.1) is 0 Å². The Morgan fingerprint density at radius 2 is 2.17 bits per heavy atom. The summed E-state index contributed by atoms with van der Waals surface area (Å²) in [6.07, 6.45) is 6.08. The molecule has 0 bridgehead atoms. The lowest BCUT2D eigenvalue weighted by Gasteiger charge is -2.27. The number of nitrogens with one attached hydrogen (secondary N) is 1. The van der Waals surface area contributed by atoms with Gasteiger partial charge in [0.1, 0.15) is 11.5 Å². The summed E-state index contributed by atoms with van der Waals surface area (Å²) >= 11 is 0. The minimum Gasteiger partial charge on any atom is -0.497 e. The average molecular weight is 315 g/mol. The molecule has 0 saturated carbocycles. The molecule has 2 atom stereocenters. The molecule has 23 heavy (non-hydrogen) atoms. The molecule has 5 nitrogen and oxygen atoms in total. The third kappa shape index (κ3) is 3.92. The molecule has 1 saturated heterocycles. The van der Waals surface area contributed by atoms with Crippen molar-refractivity contribution in [3.63, 3.8) is 0 Å². The first-order chi connectivity index (χ1) is 11.3. The van der Waals surface area contributed by atoms with Crippen LogP contribution in [0.4, 0.5) is 0 Å². The van der Waals surface area contributed by atoms with E-state index in [0.29, 0.717) is 0 Å². The van der Waals surface area contributed by atoms with Gasteiger partial charge in [-0.3, -0.25) is 9.88 Å². The zero-order valence-corrected chi connectivity index (χ0v) is 13.9. The van der Waals surface area contributed by atoms with E-state index in [1.807, 2.05) is 18.2 Å². The second-order valence-corrected chi connectivity index (χ2v) is 6.02. The quantitative estimate of drug-likeness (QED) is 0.850. The lowest BCUT2D eigenvalue weighted by Crippen LogP contribution is -2.35. The van der Waals surface area contributed by atoms with Gasteiger partial charge >= 0.3 is 0 Å². The summed E-state index contributed by atoms with van der Waals surface area (Å²) in [5, 5.41) is 3.60. The van der Waals surface area contributed by atoms with Crippen LogP contribution >= 0.6 is 0 Å². The van der Waals surface area contributed by atoms with E-state index in [0.717, 1.165) is 36.8 Å². The van der Waals surface area contributed by atoms with Gasteiger partial charge in [0.15, 0.2) is 0 Å². The van der Waals surface area contributed by atoms with Crippen molar-refractivity contribution < 1.29 is 9.15 Å². The summed E-state index contributed by atoms with van der Waals surface area (Å²) in [6.45, 7) is 5.25. The standard InChI is InChI=1S/C18H25N3O2/c1-14(16-12-15(22-2)7-8-19-16)20-13-17(18-6-5-11-23-18)21-9-3-4-10-21/h5-8,11-12,14,17,20H,3-4,9-10,13H2,1-2H3. The largest absolute Gasteiger partial charge is 0.497 e. The molecule has 0 aliphatic carbocycles. The first-order valence-corrected chi connectivity index (χ1v) is 8.28. The van der Waals surface area contributed by atoms with E-state index in [-0.39, 0.29) is 12.1 Å². The lowest BCUT2D eigenvalue weighted by atomic mass is 10.1. The van der Waals surface area contributed by atoms with Crippen LogP contribution in [-0.2, 0) is 0 Å². The maximum atomic E-state index is 5.67. The SMILES string of the molecule is COc1ccnc(C(C)NCC(c2ccco2)N2CCCC2)c1. The Kier molecular flexibility index (Phi) is 5.31. The van der Waals surface area contributed by atoms with E-state index in [2.05, 4.69) is 28.2 Å². The van der Waals surface area contributed by atoms with Gasteiger partial charge in [0, 0.05) is 24.8 Å². The molecule has 3 rings (SSSR count). The number of ether oxygens (including phenoxy) is 1. The summed E-state index contributed by atoms with van der Waals surface area (Å²) < 4.78 is 10.9. The van der Waals surface area contributed by atoms with Crippen molar-refractivity contribution >= 4 is 0 Å². The predicted molar refractivity (Wildman–Crippen MR) is 89.5 cm³/mol. The third-order valence-corrected chi connectivity index (χ3v) is 4.50. The Morgan fingerprint density at radius 3 is 2.87 bits per heavy atom. The number of rotatable bonds is 7. The van der Waals surface area contributed by atoms with E-state index < -0.39 is 0 Å². The highest BCUT2D eigenvalue weighted by molar-refractivity contribution is 5.24. The number of methoxy groups -OCH3 is 1. The molecule has 124 valence electrons. The van der Waals surface area contributed by atoms with Crippen LogP contribution in [0.1, 0.15) is 43.3 Å². The smallest absolute Gasteiger partial charge is 0.122 e. The van der Waals surface area contributed by atoms with Crippen molar-refractivity contribution in [2.75, 3.05) is 26.7 Å². The molecule has 5 heteroatoms. The van der Waals surface area contributed by atoms with Crippen LogP contribution in [0.15, 0.2) is 41.1 Å². The minimum atomic E-state index is 0.158. The third-order valence-electron chi connectivity index (χ3n) is 4.50. The monoisotopic (exact) mass is 315 g/mol. The Balaban J connectivity index is 1.65. The van der Waals surface area contributed by atoms with Gasteiger partial charge in [0.25, 0.3) is 0 Å². The van der Waals surface area contributed by atoms with Crippen LogP contribution in [0.25, 0.3) is 0 Å². The van der Waals surface area contributed by atoms with Crippen molar-refractivity contribution in [1.82, 2.24) is 15.2 Å². The highest BCUT2D eigenvalue weighted by atomic mass is 16.5. The highest BCUT2D eigenvalue weighted by Gasteiger charge is 2.26. The summed E-state index contributed by atoms with van der Waals surface area (Å²) in [6, 6.07) is 8.32. The van der Waals surface area contributed by atoms with Gasteiger partial charge in [-0.25, -0.2) is 0 Å². The van der Waals surface area contributed by atoms with E-state index in [9.17, 15) is 0 Å². The molecule has 0 radical (unpaired) electrons. The maximum Gasteiger partial charge on any atom is 0.122 e. The van der Waals surface area contributed by atoms with Gasteiger partial charge in [0.05, 0.1) is 25.1 Å². The molecule has 1 fully saturated rings. The Labute approximate surface area is 137 Å². The van der Waals surface area contributed by atoms with Crippen molar-refractivity contribution in [2.24, 2.45) is 0 Å². The second-order valence-electron chi connectivity index (χ2n) is 6.02. The molecular weight excluding hydrogens is 290 g/mol. The van der Waals surface area contributed by atoms with Gasteiger partial charge < -0.3 is 14.5 Å². The van der Waals surface area contributed by atoms with Crippen molar-refractivity contribution in [1.29, 1.82) is 0 Å². The Morgan fingerprint density at radius 1 is 1.35 bits per heavy atom. The molecule has 1 aliphatic rings. The molecule has 3 heterocycles. The fraction of sp³-hybridized carbons (Fsp3) is 0.500. The zero-order valence-electron chi connectivity index (χ0n) is 13.9. The summed E-state index contributed by atoms with van der Waals surface area (Å²) in [5.41, 5.74) is 0.990. The van der Waals surface area contributed by atoms with Gasteiger partial charge in [-0.2, -0.15) is 0 Å². The van der Waals surface area contributed by atoms with Gasteiger partial charge in [0.2, 0.25) is 0 Å². The summed E-state index contributed by atoms with van der Waals surface area (Å²) in [4.78, 5) is 6.94. The van der Waals surface area contributed by atoms with Gasteiger partial charge in [-0.05, 0) is 51.1 Å². The average Bonchev–Trinajstić information content (AvgIpc) is 3.29. The van der Waals surface area contributed by atoms with Crippen LogP contribution in [0.3, 0.4) is 0 Å². The number of aromatic nitrogens is 1. The number of hydrogen-bond donors (Lipinski definition) is 1. The van der Waals surface area contributed by atoms with E-state index in [1.165, 1.54) is 12.8 Å². The fourth-order valence-electron chi connectivity index (χ4n) is 3.13. The number of nitrogens with zero attached hydrogens (tertiary/aromatic N) is 2. The number of hydrogen-bond acceptors (Lipinski definition) is 5. The normalized spacial score (nSPS) is 18.0. The molecule has 2 aromatic rings. The molecule has 0 amide bonds. The first-order valence-electron chi connectivity index (χ1n) is 8.28. The topological polar surface area (TPSA) is 50.5 Å². The first kappa shape index (κ1) is 16.0. The molecule has 1 aliphatic heterocycles. The molecule has 2 aromatic heterocycles. The predicted octanol–water partition coefficient (Wildman–Crippen LogP) is 3.17. The number of furan rings is 1. The van der Waals surface area contributed by atoms with Crippen LogP contribution in [0.5, 0.6) is 5.75 Å². The number of pyridine rings is 1. The van der Waals surface area contributed by atoms with Gasteiger partial charge in [-0.1, -0.05) is 0 Å². The molecule has 0 aromatic carbocycles. The number of likely N-dealkylation sites (tertiary alicyclic amines) is 1. The van der Waals surface area contributed by atoms with Crippen LogP contribution in [0.2, 0.25) is 0 Å². The summed E-state index contributed by atoms with van der Waals surface area (Å²) in [7, 11) is 1.68. The molecule has 0 spiro atoms. The second kappa shape index (κ2) is 7.62. The maximum absolute atomic E-state index is 5.67. The Bertz CT molecular complexity index is 594.